The highest BCUT2D eigenvalue weighted by molar-refractivity contribution is 5.93. The normalized spacial score (nSPS) is 17.6. The Labute approximate surface area is 142 Å². The lowest BCUT2D eigenvalue weighted by atomic mass is 9.71. The third-order valence-corrected chi connectivity index (χ3v) is 5.26. The van der Waals surface area contributed by atoms with Crippen molar-refractivity contribution in [1.82, 2.24) is 20.3 Å². The zero-order valence-corrected chi connectivity index (χ0v) is 15.1. The summed E-state index contributed by atoms with van der Waals surface area (Å²) < 4.78 is 7.22. The summed E-state index contributed by atoms with van der Waals surface area (Å²) in [6.07, 6.45) is 4.58. The minimum absolute atomic E-state index is 0.169. The number of hydrogen-bond donors (Lipinski definition) is 1. The van der Waals surface area contributed by atoms with Crippen molar-refractivity contribution in [1.29, 1.82) is 0 Å². The smallest absolute Gasteiger partial charge is 0.274 e. The molecular formula is C18H26N4O2. The molecule has 0 saturated carbocycles. The second kappa shape index (κ2) is 6.07. The summed E-state index contributed by atoms with van der Waals surface area (Å²) in [5.41, 5.74) is 3.71. The first-order valence-corrected chi connectivity index (χ1v) is 8.50. The number of amides is 1. The average molecular weight is 330 g/mol. The van der Waals surface area contributed by atoms with E-state index in [2.05, 4.69) is 36.3 Å². The molecule has 1 aliphatic rings. The highest BCUT2D eigenvalue weighted by Crippen LogP contribution is 2.38. The van der Waals surface area contributed by atoms with Crippen LogP contribution in [0, 0.1) is 18.3 Å². The molecule has 0 bridgehead atoms. The minimum Gasteiger partial charge on any atom is -0.360 e. The van der Waals surface area contributed by atoms with E-state index in [0.29, 0.717) is 18.2 Å². The van der Waals surface area contributed by atoms with E-state index in [-0.39, 0.29) is 11.3 Å². The Morgan fingerprint density at radius 2 is 2.21 bits per heavy atom. The molecule has 1 amide bonds. The second-order valence-corrected chi connectivity index (χ2v) is 7.80. The molecular weight excluding hydrogens is 304 g/mol. The monoisotopic (exact) mass is 330 g/mol. The third-order valence-electron chi connectivity index (χ3n) is 5.26. The van der Waals surface area contributed by atoms with Crippen LogP contribution in [0.15, 0.2) is 10.7 Å². The van der Waals surface area contributed by atoms with E-state index in [1.807, 2.05) is 14.0 Å². The molecule has 130 valence electrons. The molecule has 24 heavy (non-hydrogen) atoms. The topological polar surface area (TPSA) is 73.0 Å². The van der Waals surface area contributed by atoms with Gasteiger partial charge in [-0.15, -0.1) is 0 Å². The van der Waals surface area contributed by atoms with Gasteiger partial charge in [0.1, 0.15) is 5.76 Å². The van der Waals surface area contributed by atoms with Crippen LogP contribution in [-0.4, -0.2) is 20.8 Å². The van der Waals surface area contributed by atoms with Crippen molar-refractivity contribution in [3.05, 3.63) is 34.5 Å². The molecule has 6 heteroatoms. The van der Waals surface area contributed by atoms with E-state index >= 15 is 0 Å². The standard InChI is InChI=1S/C18H26N4O2/c1-11-12(10-20-22(11)5)9-19-17(23)16-14-8-13(18(2,3)4)6-7-15(14)24-21-16/h10,13H,6-9H2,1-5H3,(H,19,23)/t13-/m1/s1. The molecule has 0 saturated heterocycles. The van der Waals surface area contributed by atoms with E-state index in [1.54, 1.807) is 10.9 Å². The van der Waals surface area contributed by atoms with E-state index < -0.39 is 0 Å². The molecule has 1 atom stereocenters. The molecule has 3 rings (SSSR count). The molecule has 6 nitrogen and oxygen atoms in total. The number of nitrogens with one attached hydrogen (secondary N) is 1. The van der Waals surface area contributed by atoms with Crippen LogP contribution in [0.4, 0.5) is 0 Å². The molecule has 0 unspecified atom stereocenters. The van der Waals surface area contributed by atoms with Crippen LogP contribution >= 0.6 is 0 Å². The van der Waals surface area contributed by atoms with Crippen LogP contribution in [0.25, 0.3) is 0 Å². The molecule has 0 fully saturated rings. The lowest BCUT2D eigenvalue weighted by molar-refractivity contribution is 0.0940. The Morgan fingerprint density at radius 1 is 1.46 bits per heavy atom. The molecule has 0 aromatic carbocycles. The predicted molar refractivity (Wildman–Crippen MR) is 90.6 cm³/mol. The van der Waals surface area contributed by atoms with Crippen LogP contribution in [0.1, 0.15) is 60.3 Å². The van der Waals surface area contributed by atoms with Crippen molar-refractivity contribution in [2.24, 2.45) is 18.4 Å². The molecule has 2 aromatic rings. The predicted octanol–water partition coefficient (Wildman–Crippen LogP) is 2.80. The van der Waals surface area contributed by atoms with Gasteiger partial charge in [-0.2, -0.15) is 5.10 Å². The Morgan fingerprint density at radius 3 is 2.83 bits per heavy atom. The number of hydrogen-bond acceptors (Lipinski definition) is 4. The summed E-state index contributed by atoms with van der Waals surface area (Å²) >= 11 is 0. The Bertz CT molecular complexity index is 752. The highest BCUT2D eigenvalue weighted by atomic mass is 16.5. The Kier molecular flexibility index (Phi) is 4.24. The fourth-order valence-corrected chi connectivity index (χ4v) is 3.30. The number of carbonyl (C=O) groups excluding carboxylic acids is 1. The summed E-state index contributed by atoms with van der Waals surface area (Å²) in [6, 6.07) is 0. The van der Waals surface area contributed by atoms with Gasteiger partial charge in [0, 0.05) is 36.8 Å². The van der Waals surface area contributed by atoms with Crippen molar-refractivity contribution in [2.45, 2.75) is 53.5 Å². The van der Waals surface area contributed by atoms with E-state index in [1.165, 1.54) is 0 Å². The Balaban J connectivity index is 1.73. The lowest BCUT2D eigenvalue weighted by Gasteiger charge is -2.33. The van der Waals surface area contributed by atoms with Crippen molar-refractivity contribution in [2.75, 3.05) is 0 Å². The van der Waals surface area contributed by atoms with Crippen molar-refractivity contribution < 1.29 is 9.32 Å². The van der Waals surface area contributed by atoms with Crippen LogP contribution in [-0.2, 0) is 26.4 Å². The van der Waals surface area contributed by atoms with Gasteiger partial charge in [-0.05, 0) is 31.1 Å². The first kappa shape index (κ1) is 16.7. The van der Waals surface area contributed by atoms with Gasteiger partial charge < -0.3 is 9.84 Å². The van der Waals surface area contributed by atoms with E-state index in [0.717, 1.165) is 41.8 Å². The summed E-state index contributed by atoms with van der Waals surface area (Å²) in [6.45, 7) is 9.19. The van der Waals surface area contributed by atoms with Gasteiger partial charge in [0.2, 0.25) is 0 Å². The molecule has 0 aliphatic heterocycles. The number of nitrogens with zero attached hydrogens (tertiary/aromatic N) is 3. The highest BCUT2D eigenvalue weighted by Gasteiger charge is 2.34. The van der Waals surface area contributed by atoms with Gasteiger partial charge >= 0.3 is 0 Å². The number of fused-ring (bicyclic) bond motifs is 1. The van der Waals surface area contributed by atoms with Crippen LogP contribution in [0.3, 0.4) is 0 Å². The molecule has 2 aromatic heterocycles. The maximum absolute atomic E-state index is 12.6. The van der Waals surface area contributed by atoms with Crippen molar-refractivity contribution in [3.63, 3.8) is 0 Å². The lowest BCUT2D eigenvalue weighted by Crippen LogP contribution is -2.29. The fourth-order valence-electron chi connectivity index (χ4n) is 3.30. The summed E-state index contributed by atoms with van der Waals surface area (Å²) in [4.78, 5) is 12.6. The first-order chi connectivity index (χ1) is 11.3. The molecule has 0 spiro atoms. The fraction of sp³-hybridized carbons (Fsp3) is 0.611. The zero-order valence-electron chi connectivity index (χ0n) is 15.1. The van der Waals surface area contributed by atoms with Gasteiger partial charge in [-0.25, -0.2) is 0 Å². The summed E-state index contributed by atoms with van der Waals surface area (Å²) in [7, 11) is 1.89. The molecule has 2 heterocycles. The van der Waals surface area contributed by atoms with E-state index in [4.69, 9.17) is 4.52 Å². The second-order valence-electron chi connectivity index (χ2n) is 7.80. The number of carbonyl (C=O) groups is 1. The van der Waals surface area contributed by atoms with E-state index in [9.17, 15) is 4.79 Å². The quantitative estimate of drug-likeness (QED) is 0.939. The Hall–Kier alpha value is -2.11. The maximum atomic E-state index is 12.6. The van der Waals surface area contributed by atoms with Gasteiger partial charge in [0.25, 0.3) is 5.91 Å². The van der Waals surface area contributed by atoms with Gasteiger partial charge in [-0.1, -0.05) is 25.9 Å². The van der Waals surface area contributed by atoms with Crippen LogP contribution in [0.2, 0.25) is 0 Å². The number of rotatable bonds is 3. The number of aromatic nitrogens is 3. The SMILES string of the molecule is Cc1c(CNC(=O)c2noc3c2C[C@H](C(C)(C)C)CC3)cnn1C. The van der Waals surface area contributed by atoms with Crippen molar-refractivity contribution >= 4 is 5.91 Å². The molecule has 1 N–H and O–H groups in total. The zero-order chi connectivity index (χ0) is 17.5. The van der Waals surface area contributed by atoms with Gasteiger partial charge in [0.15, 0.2) is 5.69 Å². The summed E-state index contributed by atoms with van der Waals surface area (Å²) in [5, 5.41) is 11.2. The average Bonchev–Trinajstić information content (AvgIpc) is 3.08. The van der Waals surface area contributed by atoms with Gasteiger partial charge in [-0.3, -0.25) is 9.48 Å². The first-order valence-electron chi connectivity index (χ1n) is 8.50. The van der Waals surface area contributed by atoms with Gasteiger partial charge in [0.05, 0.1) is 6.20 Å². The third kappa shape index (κ3) is 3.09. The van der Waals surface area contributed by atoms with Crippen LogP contribution in [0.5, 0.6) is 0 Å². The largest absolute Gasteiger partial charge is 0.360 e. The minimum atomic E-state index is -0.169. The summed E-state index contributed by atoms with van der Waals surface area (Å²) in [5.74, 6) is 1.24. The number of aryl methyl sites for hydroxylation is 2. The molecule has 0 radical (unpaired) electrons. The molecule has 1 aliphatic carbocycles. The maximum Gasteiger partial charge on any atom is 0.274 e. The van der Waals surface area contributed by atoms with Crippen molar-refractivity contribution in [3.8, 4) is 0 Å². The van der Waals surface area contributed by atoms with Crippen LogP contribution < -0.4 is 5.32 Å².